The molecule has 3 rings (SSSR count). The molecule has 0 fully saturated rings. The molecular weight excluding hydrogens is 252 g/mol. The van der Waals surface area contributed by atoms with Gasteiger partial charge in [-0.15, -0.1) is 11.3 Å². The lowest BCUT2D eigenvalue weighted by atomic mass is 10.2. The van der Waals surface area contributed by atoms with Gasteiger partial charge >= 0.3 is 0 Å². The monoisotopic (exact) mass is 260 g/mol. The van der Waals surface area contributed by atoms with Crippen molar-refractivity contribution in [1.82, 2.24) is 9.97 Å². The van der Waals surface area contributed by atoms with E-state index in [0.29, 0.717) is 10.8 Å². The molecule has 3 aromatic rings. The van der Waals surface area contributed by atoms with Gasteiger partial charge in [-0.25, -0.2) is 9.97 Å². The Kier molecular flexibility index (Phi) is 2.57. The maximum Gasteiger partial charge on any atom is 0.161 e. The second-order valence-corrected chi connectivity index (χ2v) is 5.12. The number of halogens is 1. The van der Waals surface area contributed by atoms with Crippen LogP contribution in [0.1, 0.15) is 5.56 Å². The Labute approximate surface area is 108 Å². The SMILES string of the molecule is Cc1csc2cnc(-c3ccccc3Cl)nc12. The first-order valence-electron chi connectivity index (χ1n) is 5.21. The minimum atomic E-state index is 0.680. The summed E-state index contributed by atoms with van der Waals surface area (Å²) in [6.45, 7) is 2.06. The van der Waals surface area contributed by atoms with Crippen molar-refractivity contribution in [2.45, 2.75) is 6.92 Å². The van der Waals surface area contributed by atoms with Crippen molar-refractivity contribution in [2.24, 2.45) is 0 Å². The first kappa shape index (κ1) is 10.7. The quantitative estimate of drug-likeness (QED) is 0.651. The third kappa shape index (κ3) is 1.81. The molecule has 0 amide bonds. The number of nitrogens with zero attached hydrogens (tertiary/aromatic N) is 2. The summed E-state index contributed by atoms with van der Waals surface area (Å²) in [6.07, 6.45) is 1.86. The minimum absolute atomic E-state index is 0.680. The summed E-state index contributed by atoms with van der Waals surface area (Å²) in [5.74, 6) is 0.685. The molecular formula is C13H9ClN2S. The fourth-order valence-corrected chi connectivity index (χ4v) is 2.79. The van der Waals surface area contributed by atoms with Crippen molar-refractivity contribution in [3.05, 3.63) is 46.4 Å². The van der Waals surface area contributed by atoms with Crippen molar-refractivity contribution in [2.75, 3.05) is 0 Å². The van der Waals surface area contributed by atoms with E-state index in [2.05, 4.69) is 22.3 Å². The number of hydrogen-bond donors (Lipinski definition) is 0. The number of rotatable bonds is 1. The summed E-state index contributed by atoms with van der Waals surface area (Å²) in [5, 5.41) is 2.77. The Balaban J connectivity index is 2.24. The minimum Gasteiger partial charge on any atom is -0.235 e. The predicted molar refractivity (Wildman–Crippen MR) is 72.6 cm³/mol. The third-order valence-corrected chi connectivity index (χ3v) is 3.96. The van der Waals surface area contributed by atoms with Gasteiger partial charge in [-0.05, 0) is 30.0 Å². The van der Waals surface area contributed by atoms with Gasteiger partial charge in [0.25, 0.3) is 0 Å². The molecule has 1 aromatic carbocycles. The van der Waals surface area contributed by atoms with E-state index in [1.165, 1.54) is 5.56 Å². The van der Waals surface area contributed by atoms with Gasteiger partial charge < -0.3 is 0 Å². The summed E-state index contributed by atoms with van der Waals surface area (Å²) in [5.41, 5.74) is 3.07. The normalized spacial score (nSPS) is 10.9. The first-order valence-corrected chi connectivity index (χ1v) is 6.47. The Bertz CT molecular complexity index is 691. The summed E-state index contributed by atoms with van der Waals surface area (Å²) in [4.78, 5) is 8.95. The summed E-state index contributed by atoms with van der Waals surface area (Å²) in [7, 11) is 0. The third-order valence-electron chi connectivity index (χ3n) is 2.61. The van der Waals surface area contributed by atoms with Crippen LogP contribution < -0.4 is 0 Å². The van der Waals surface area contributed by atoms with Gasteiger partial charge in [0.05, 0.1) is 15.2 Å². The van der Waals surface area contributed by atoms with Crippen LogP contribution in [-0.4, -0.2) is 9.97 Å². The highest BCUT2D eigenvalue weighted by Crippen LogP contribution is 2.28. The standard InChI is InChI=1S/C13H9ClN2S/c1-8-7-17-11-6-15-13(16-12(8)11)9-4-2-3-5-10(9)14/h2-7H,1H3. The van der Waals surface area contributed by atoms with E-state index in [1.807, 2.05) is 30.5 Å². The number of aromatic nitrogens is 2. The van der Waals surface area contributed by atoms with Crippen LogP contribution in [0, 0.1) is 6.92 Å². The fourth-order valence-electron chi connectivity index (χ4n) is 1.72. The number of fused-ring (bicyclic) bond motifs is 1. The van der Waals surface area contributed by atoms with Gasteiger partial charge in [0.2, 0.25) is 0 Å². The second kappa shape index (κ2) is 4.09. The fraction of sp³-hybridized carbons (Fsp3) is 0.0769. The van der Waals surface area contributed by atoms with E-state index < -0.39 is 0 Å². The predicted octanol–water partition coefficient (Wildman–Crippen LogP) is 4.32. The second-order valence-electron chi connectivity index (χ2n) is 3.81. The van der Waals surface area contributed by atoms with Crippen LogP contribution in [0.3, 0.4) is 0 Å². The van der Waals surface area contributed by atoms with E-state index in [1.54, 1.807) is 11.3 Å². The maximum atomic E-state index is 6.15. The van der Waals surface area contributed by atoms with Crippen LogP contribution >= 0.6 is 22.9 Å². The first-order chi connectivity index (χ1) is 8.25. The van der Waals surface area contributed by atoms with Gasteiger partial charge in [-0.3, -0.25) is 0 Å². The van der Waals surface area contributed by atoms with Crippen molar-refractivity contribution in [1.29, 1.82) is 0 Å². The van der Waals surface area contributed by atoms with Crippen LogP contribution in [0.15, 0.2) is 35.8 Å². The lowest BCUT2D eigenvalue weighted by molar-refractivity contribution is 1.23. The smallest absolute Gasteiger partial charge is 0.161 e. The summed E-state index contributed by atoms with van der Waals surface area (Å²) in [6, 6.07) is 7.63. The van der Waals surface area contributed by atoms with Crippen LogP contribution in [-0.2, 0) is 0 Å². The molecule has 4 heteroatoms. The van der Waals surface area contributed by atoms with Gasteiger partial charge in [0.15, 0.2) is 5.82 Å². The van der Waals surface area contributed by atoms with E-state index in [9.17, 15) is 0 Å². The van der Waals surface area contributed by atoms with Crippen molar-refractivity contribution >= 4 is 33.2 Å². The molecule has 84 valence electrons. The zero-order valence-corrected chi connectivity index (χ0v) is 10.7. The average Bonchev–Trinajstić information content (AvgIpc) is 2.71. The van der Waals surface area contributed by atoms with E-state index >= 15 is 0 Å². The molecule has 0 aliphatic carbocycles. The molecule has 0 atom stereocenters. The lowest BCUT2D eigenvalue weighted by Gasteiger charge is -2.02. The maximum absolute atomic E-state index is 6.15. The van der Waals surface area contributed by atoms with Crippen molar-refractivity contribution in [3.8, 4) is 11.4 Å². The van der Waals surface area contributed by atoms with Crippen LogP contribution in [0.4, 0.5) is 0 Å². The molecule has 0 aliphatic rings. The zero-order valence-electron chi connectivity index (χ0n) is 9.14. The molecule has 0 saturated heterocycles. The molecule has 17 heavy (non-hydrogen) atoms. The molecule has 2 heterocycles. The number of hydrogen-bond acceptors (Lipinski definition) is 3. The van der Waals surface area contributed by atoms with Crippen LogP contribution in [0.2, 0.25) is 5.02 Å². The highest BCUT2D eigenvalue weighted by atomic mass is 35.5. The number of thiophene rings is 1. The number of benzene rings is 1. The van der Waals surface area contributed by atoms with Gasteiger partial charge in [0.1, 0.15) is 0 Å². The molecule has 0 unspecified atom stereocenters. The summed E-state index contributed by atoms with van der Waals surface area (Å²) < 4.78 is 1.11. The molecule has 0 bridgehead atoms. The van der Waals surface area contributed by atoms with Gasteiger partial charge in [-0.2, -0.15) is 0 Å². The summed E-state index contributed by atoms with van der Waals surface area (Å²) >= 11 is 7.81. The molecule has 0 saturated carbocycles. The zero-order chi connectivity index (χ0) is 11.8. The largest absolute Gasteiger partial charge is 0.235 e. The Morgan fingerprint density at radius 2 is 2.06 bits per heavy atom. The van der Waals surface area contributed by atoms with Crippen LogP contribution in [0.5, 0.6) is 0 Å². The van der Waals surface area contributed by atoms with Crippen LogP contribution in [0.25, 0.3) is 21.6 Å². The molecule has 0 N–H and O–H groups in total. The van der Waals surface area contributed by atoms with E-state index in [4.69, 9.17) is 11.6 Å². The van der Waals surface area contributed by atoms with E-state index in [-0.39, 0.29) is 0 Å². The molecule has 2 nitrogen and oxygen atoms in total. The molecule has 0 aliphatic heterocycles. The van der Waals surface area contributed by atoms with Crippen molar-refractivity contribution in [3.63, 3.8) is 0 Å². The Hall–Kier alpha value is -1.45. The van der Waals surface area contributed by atoms with E-state index in [0.717, 1.165) is 15.8 Å². The number of aryl methyl sites for hydroxylation is 1. The van der Waals surface area contributed by atoms with Gasteiger partial charge in [-0.1, -0.05) is 23.7 Å². The molecule has 2 aromatic heterocycles. The molecule has 0 spiro atoms. The average molecular weight is 261 g/mol. The Morgan fingerprint density at radius 1 is 1.24 bits per heavy atom. The lowest BCUT2D eigenvalue weighted by Crippen LogP contribution is -1.89. The van der Waals surface area contributed by atoms with Crippen molar-refractivity contribution < 1.29 is 0 Å². The molecule has 0 radical (unpaired) electrons. The highest BCUT2D eigenvalue weighted by Gasteiger charge is 2.08. The highest BCUT2D eigenvalue weighted by molar-refractivity contribution is 7.17. The van der Waals surface area contributed by atoms with Gasteiger partial charge in [0, 0.05) is 11.8 Å². The Morgan fingerprint density at radius 3 is 2.88 bits per heavy atom. The topological polar surface area (TPSA) is 25.8 Å².